The van der Waals surface area contributed by atoms with Gasteiger partial charge in [-0.2, -0.15) is 10.5 Å². The van der Waals surface area contributed by atoms with E-state index in [9.17, 15) is 10.5 Å². The standard InChI is InChI=1S/C32H34N4/c1-5-35(6-2)31-17-9-25(10-18-31)21-29(23-33)27-13-15-28(16-14-27)30(24-34)22-26-11-19-32(20-12-26)36(7-3)8-4/h9-22H,5-8H2,1-4H3/b29-21+,30-22+. The summed E-state index contributed by atoms with van der Waals surface area (Å²) in [6.45, 7) is 12.4. The van der Waals surface area contributed by atoms with Crippen LogP contribution in [-0.4, -0.2) is 26.2 Å². The van der Waals surface area contributed by atoms with E-state index < -0.39 is 0 Å². The Balaban J connectivity index is 1.81. The van der Waals surface area contributed by atoms with E-state index in [0.717, 1.165) is 48.4 Å². The van der Waals surface area contributed by atoms with E-state index in [1.807, 2.05) is 60.7 Å². The summed E-state index contributed by atoms with van der Waals surface area (Å²) in [5, 5.41) is 19.6. The monoisotopic (exact) mass is 474 g/mol. The van der Waals surface area contributed by atoms with Crippen molar-refractivity contribution in [1.82, 2.24) is 0 Å². The van der Waals surface area contributed by atoms with E-state index in [4.69, 9.17) is 0 Å². The van der Waals surface area contributed by atoms with Crippen LogP contribution in [0.25, 0.3) is 23.3 Å². The molecule has 0 atom stereocenters. The number of rotatable bonds is 10. The molecule has 0 spiro atoms. The van der Waals surface area contributed by atoms with Gasteiger partial charge in [0.25, 0.3) is 0 Å². The van der Waals surface area contributed by atoms with Gasteiger partial charge in [-0.05, 0) is 86.4 Å². The van der Waals surface area contributed by atoms with Gasteiger partial charge in [-0.25, -0.2) is 0 Å². The fraction of sp³-hybridized carbons (Fsp3) is 0.250. The van der Waals surface area contributed by atoms with Gasteiger partial charge in [-0.3, -0.25) is 0 Å². The first kappa shape index (κ1) is 26.3. The molecule has 4 nitrogen and oxygen atoms in total. The fourth-order valence-electron chi connectivity index (χ4n) is 4.26. The maximum Gasteiger partial charge on any atom is 0.0998 e. The minimum Gasteiger partial charge on any atom is -0.372 e. The van der Waals surface area contributed by atoms with Crippen molar-refractivity contribution < 1.29 is 0 Å². The quantitative estimate of drug-likeness (QED) is 0.225. The summed E-state index contributed by atoms with van der Waals surface area (Å²) in [5.41, 5.74) is 7.16. The van der Waals surface area contributed by atoms with E-state index >= 15 is 0 Å². The number of nitrogens with zero attached hydrogens (tertiary/aromatic N) is 4. The lowest BCUT2D eigenvalue weighted by molar-refractivity contribution is 0.866. The molecule has 0 aromatic heterocycles. The fourth-order valence-corrected chi connectivity index (χ4v) is 4.26. The van der Waals surface area contributed by atoms with Crippen molar-refractivity contribution in [3.05, 3.63) is 95.1 Å². The number of benzene rings is 3. The smallest absolute Gasteiger partial charge is 0.0998 e. The second kappa shape index (κ2) is 13.0. The Kier molecular flexibility index (Phi) is 9.49. The normalized spacial score (nSPS) is 11.5. The molecule has 4 heteroatoms. The van der Waals surface area contributed by atoms with Gasteiger partial charge in [-0.15, -0.1) is 0 Å². The molecule has 0 unspecified atom stereocenters. The SMILES string of the molecule is CCN(CC)c1ccc(/C=C(\C#N)c2ccc(/C(C#N)=C/c3ccc(N(CC)CC)cc3)cc2)cc1. The Morgan fingerprint density at radius 1 is 0.556 bits per heavy atom. The Hall–Kier alpha value is -4.28. The molecule has 0 bridgehead atoms. The maximum atomic E-state index is 9.78. The first-order valence-corrected chi connectivity index (χ1v) is 12.6. The molecular weight excluding hydrogens is 440 g/mol. The van der Waals surface area contributed by atoms with Crippen molar-refractivity contribution in [3.8, 4) is 12.1 Å². The summed E-state index contributed by atoms with van der Waals surface area (Å²) < 4.78 is 0. The van der Waals surface area contributed by atoms with E-state index in [2.05, 4.69) is 73.9 Å². The zero-order chi connectivity index (χ0) is 25.9. The van der Waals surface area contributed by atoms with Gasteiger partial charge in [0.15, 0.2) is 0 Å². The van der Waals surface area contributed by atoms with Crippen LogP contribution in [0.1, 0.15) is 49.9 Å². The summed E-state index contributed by atoms with van der Waals surface area (Å²) in [7, 11) is 0. The van der Waals surface area contributed by atoms with Crippen LogP contribution in [-0.2, 0) is 0 Å². The minimum absolute atomic E-state index is 0.589. The van der Waals surface area contributed by atoms with Gasteiger partial charge in [-0.1, -0.05) is 48.5 Å². The van der Waals surface area contributed by atoms with Crippen LogP contribution in [0.2, 0.25) is 0 Å². The molecule has 0 saturated carbocycles. The van der Waals surface area contributed by atoms with Gasteiger partial charge >= 0.3 is 0 Å². The largest absolute Gasteiger partial charge is 0.372 e. The van der Waals surface area contributed by atoms with Crippen LogP contribution in [0.15, 0.2) is 72.8 Å². The molecule has 0 aliphatic rings. The van der Waals surface area contributed by atoms with E-state index in [-0.39, 0.29) is 0 Å². The number of nitriles is 2. The van der Waals surface area contributed by atoms with Crippen molar-refractivity contribution >= 4 is 34.7 Å². The number of anilines is 2. The molecule has 0 saturated heterocycles. The lowest BCUT2D eigenvalue weighted by Crippen LogP contribution is -2.21. The van der Waals surface area contributed by atoms with Crippen LogP contribution < -0.4 is 9.80 Å². The highest BCUT2D eigenvalue weighted by Gasteiger charge is 2.07. The van der Waals surface area contributed by atoms with Crippen molar-refractivity contribution in [2.24, 2.45) is 0 Å². The highest BCUT2D eigenvalue weighted by Crippen LogP contribution is 2.24. The van der Waals surface area contributed by atoms with Crippen molar-refractivity contribution in [1.29, 1.82) is 10.5 Å². The van der Waals surface area contributed by atoms with Crippen LogP contribution >= 0.6 is 0 Å². The zero-order valence-corrected chi connectivity index (χ0v) is 21.7. The van der Waals surface area contributed by atoms with E-state index in [1.165, 1.54) is 11.4 Å². The van der Waals surface area contributed by atoms with Gasteiger partial charge in [0.05, 0.1) is 23.3 Å². The predicted octanol–water partition coefficient (Wildman–Crippen LogP) is 7.51. The Morgan fingerprint density at radius 3 is 1.11 bits per heavy atom. The molecular formula is C32H34N4. The molecule has 36 heavy (non-hydrogen) atoms. The number of allylic oxidation sites excluding steroid dienone is 2. The lowest BCUT2D eigenvalue weighted by Gasteiger charge is -2.20. The topological polar surface area (TPSA) is 54.1 Å². The molecule has 0 N–H and O–H groups in total. The van der Waals surface area contributed by atoms with Crippen LogP contribution in [0.5, 0.6) is 0 Å². The average Bonchev–Trinajstić information content (AvgIpc) is 2.93. The Bertz CT molecular complexity index is 1160. The summed E-state index contributed by atoms with van der Waals surface area (Å²) >= 11 is 0. The first-order chi connectivity index (χ1) is 17.6. The second-order valence-electron chi connectivity index (χ2n) is 8.44. The third-order valence-electron chi connectivity index (χ3n) is 6.41. The molecule has 3 aromatic carbocycles. The molecule has 0 fully saturated rings. The van der Waals surface area contributed by atoms with Crippen LogP contribution in [0.3, 0.4) is 0 Å². The van der Waals surface area contributed by atoms with Crippen molar-refractivity contribution in [2.45, 2.75) is 27.7 Å². The zero-order valence-electron chi connectivity index (χ0n) is 21.7. The van der Waals surface area contributed by atoms with E-state index in [0.29, 0.717) is 11.1 Å². The molecule has 0 aliphatic heterocycles. The van der Waals surface area contributed by atoms with Crippen molar-refractivity contribution in [2.75, 3.05) is 36.0 Å². The Morgan fingerprint density at radius 2 is 0.861 bits per heavy atom. The number of hydrogen-bond acceptors (Lipinski definition) is 4. The molecule has 0 radical (unpaired) electrons. The van der Waals surface area contributed by atoms with E-state index in [1.54, 1.807) is 0 Å². The molecule has 182 valence electrons. The van der Waals surface area contributed by atoms with Crippen LogP contribution in [0.4, 0.5) is 11.4 Å². The summed E-state index contributed by atoms with van der Waals surface area (Å²) in [5.74, 6) is 0. The average molecular weight is 475 g/mol. The first-order valence-electron chi connectivity index (χ1n) is 12.6. The predicted molar refractivity (Wildman–Crippen MR) is 153 cm³/mol. The summed E-state index contributed by atoms with van der Waals surface area (Å²) in [6, 6.07) is 28.8. The molecule has 0 amide bonds. The molecule has 0 heterocycles. The Labute approximate surface area is 216 Å². The van der Waals surface area contributed by atoms with Crippen LogP contribution in [0, 0.1) is 22.7 Å². The second-order valence-corrected chi connectivity index (χ2v) is 8.44. The highest BCUT2D eigenvalue weighted by molar-refractivity contribution is 5.92. The molecule has 3 rings (SSSR count). The summed E-state index contributed by atoms with van der Waals surface area (Å²) in [4.78, 5) is 4.58. The molecule has 3 aromatic rings. The van der Waals surface area contributed by atoms with Gasteiger partial charge < -0.3 is 9.80 Å². The van der Waals surface area contributed by atoms with Gasteiger partial charge in [0.2, 0.25) is 0 Å². The van der Waals surface area contributed by atoms with Crippen molar-refractivity contribution in [3.63, 3.8) is 0 Å². The maximum absolute atomic E-state index is 9.78. The van der Waals surface area contributed by atoms with Gasteiger partial charge in [0.1, 0.15) is 0 Å². The summed E-state index contributed by atoms with van der Waals surface area (Å²) in [6.07, 6.45) is 3.80. The molecule has 0 aliphatic carbocycles. The highest BCUT2D eigenvalue weighted by atomic mass is 15.1. The number of hydrogen-bond donors (Lipinski definition) is 0. The third-order valence-corrected chi connectivity index (χ3v) is 6.41. The third kappa shape index (κ3) is 6.44. The minimum atomic E-state index is 0.589. The lowest BCUT2D eigenvalue weighted by atomic mass is 9.98. The van der Waals surface area contributed by atoms with Gasteiger partial charge in [0, 0.05) is 37.6 Å².